The van der Waals surface area contributed by atoms with Crippen molar-refractivity contribution < 1.29 is 9.90 Å². The van der Waals surface area contributed by atoms with Crippen LogP contribution in [0.3, 0.4) is 0 Å². The molecule has 0 atom stereocenters. The Morgan fingerprint density at radius 2 is 1.95 bits per heavy atom. The Balaban J connectivity index is 1.97. The number of hydrogen-bond acceptors (Lipinski definition) is 3. The third kappa shape index (κ3) is 2.53. The molecule has 0 amide bonds. The largest absolute Gasteiger partial charge is 0.477 e. The molecule has 0 saturated carbocycles. The molecule has 3 rings (SSSR count). The fourth-order valence-electron chi connectivity index (χ4n) is 2.58. The molecule has 5 nitrogen and oxygen atoms in total. The molecular weight excluding hydrogens is 278 g/mol. The fraction of sp³-hybridized carbons (Fsp3) is 0.176. The van der Waals surface area contributed by atoms with Crippen LogP contribution in [0.25, 0.3) is 5.65 Å². The molecule has 0 aliphatic heterocycles. The van der Waals surface area contributed by atoms with Crippen LogP contribution < -0.4 is 4.90 Å². The molecule has 0 aliphatic rings. The van der Waals surface area contributed by atoms with Crippen LogP contribution >= 0.6 is 0 Å². The summed E-state index contributed by atoms with van der Waals surface area (Å²) < 4.78 is 1.63. The molecule has 1 N–H and O–H groups in total. The van der Waals surface area contributed by atoms with E-state index in [0.717, 1.165) is 12.2 Å². The topological polar surface area (TPSA) is 57.8 Å². The van der Waals surface area contributed by atoms with Crippen molar-refractivity contribution in [2.24, 2.45) is 0 Å². The molecule has 0 saturated heterocycles. The summed E-state index contributed by atoms with van der Waals surface area (Å²) in [5.41, 5.74) is 3.52. The Kier molecular flexibility index (Phi) is 3.55. The molecule has 0 aliphatic carbocycles. The molecule has 2 heterocycles. The number of aryl methyl sites for hydroxylation is 1. The van der Waals surface area contributed by atoms with Crippen LogP contribution in [0.15, 0.2) is 48.7 Å². The second kappa shape index (κ2) is 5.52. The van der Waals surface area contributed by atoms with Crippen LogP contribution in [0, 0.1) is 6.92 Å². The predicted octanol–water partition coefficient (Wildman–Crippen LogP) is 2.98. The number of aromatic carboxylic acids is 1. The van der Waals surface area contributed by atoms with Gasteiger partial charge in [0.1, 0.15) is 5.65 Å². The zero-order valence-corrected chi connectivity index (χ0v) is 12.5. The SMILES string of the molecule is Cc1nc2ccc(N(C)Cc3ccccc3)cn2c1C(=O)O. The second-order valence-corrected chi connectivity index (χ2v) is 5.31. The van der Waals surface area contributed by atoms with Crippen LogP contribution in [0.4, 0.5) is 5.69 Å². The fourth-order valence-corrected chi connectivity index (χ4v) is 2.58. The Morgan fingerprint density at radius 1 is 1.23 bits per heavy atom. The second-order valence-electron chi connectivity index (χ2n) is 5.31. The van der Waals surface area contributed by atoms with Gasteiger partial charge < -0.3 is 10.0 Å². The van der Waals surface area contributed by atoms with Crippen LogP contribution in [0.5, 0.6) is 0 Å². The number of imidazole rings is 1. The highest BCUT2D eigenvalue weighted by Crippen LogP contribution is 2.20. The quantitative estimate of drug-likeness (QED) is 0.804. The highest BCUT2D eigenvalue weighted by atomic mass is 16.4. The van der Waals surface area contributed by atoms with E-state index in [1.807, 2.05) is 43.6 Å². The van der Waals surface area contributed by atoms with E-state index in [1.165, 1.54) is 5.56 Å². The maximum Gasteiger partial charge on any atom is 0.354 e. The molecule has 0 spiro atoms. The van der Waals surface area contributed by atoms with Gasteiger partial charge in [0.05, 0.1) is 11.4 Å². The van der Waals surface area contributed by atoms with E-state index in [2.05, 4.69) is 22.0 Å². The number of pyridine rings is 1. The molecule has 0 bridgehead atoms. The first-order chi connectivity index (χ1) is 10.6. The van der Waals surface area contributed by atoms with Gasteiger partial charge in [-0.25, -0.2) is 9.78 Å². The Labute approximate surface area is 128 Å². The van der Waals surface area contributed by atoms with E-state index in [1.54, 1.807) is 11.3 Å². The summed E-state index contributed by atoms with van der Waals surface area (Å²) in [6.45, 7) is 2.46. The van der Waals surface area contributed by atoms with Gasteiger partial charge in [0.15, 0.2) is 5.69 Å². The number of benzene rings is 1. The first kappa shape index (κ1) is 14.1. The normalized spacial score (nSPS) is 10.8. The standard InChI is InChI=1S/C17H17N3O2/c1-12-16(17(21)22)20-11-14(8-9-15(20)18-12)19(2)10-13-6-4-3-5-7-13/h3-9,11H,10H2,1-2H3,(H,21,22). The number of nitrogens with zero attached hydrogens (tertiary/aromatic N) is 3. The maximum atomic E-state index is 11.4. The average molecular weight is 295 g/mol. The summed E-state index contributed by atoms with van der Waals surface area (Å²) in [7, 11) is 1.98. The Hall–Kier alpha value is -2.82. The third-order valence-corrected chi connectivity index (χ3v) is 3.68. The highest BCUT2D eigenvalue weighted by Gasteiger charge is 2.16. The van der Waals surface area contributed by atoms with E-state index in [-0.39, 0.29) is 5.69 Å². The van der Waals surface area contributed by atoms with Crippen LogP contribution in [-0.4, -0.2) is 27.5 Å². The van der Waals surface area contributed by atoms with Gasteiger partial charge in [0, 0.05) is 19.8 Å². The van der Waals surface area contributed by atoms with Gasteiger partial charge >= 0.3 is 5.97 Å². The monoisotopic (exact) mass is 295 g/mol. The molecule has 0 fully saturated rings. The van der Waals surface area contributed by atoms with Crippen molar-refractivity contribution in [1.82, 2.24) is 9.38 Å². The minimum absolute atomic E-state index is 0.213. The molecule has 5 heteroatoms. The minimum Gasteiger partial charge on any atom is -0.477 e. The lowest BCUT2D eigenvalue weighted by Crippen LogP contribution is -2.17. The molecule has 3 aromatic rings. The lowest BCUT2D eigenvalue weighted by atomic mass is 10.2. The highest BCUT2D eigenvalue weighted by molar-refractivity contribution is 5.88. The maximum absolute atomic E-state index is 11.4. The summed E-state index contributed by atoms with van der Waals surface area (Å²) in [5.74, 6) is -0.965. The van der Waals surface area contributed by atoms with E-state index in [4.69, 9.17) is 0 Å². The van der Waals surface area contributed by atoms with Gasteiger partial charge in [-0.05, 0) is 24.6 Å². The number of carboxylic acid groups (broad SMARTS) is 1. The number of anilines is 1. The van der Waals surface area contributed by atoms with Gasteiger partial charge in [0.25, 0.3) is 0 Å². The van der Waals surface area contributed by atoms with Crippen molar-refractivity contribution in [3.8, 4) is 0 Å². The molecule has 112 valence electrons. The average Bonchev–Trinajstić information content (AvgIpc) is 2.83. The lowest BCUT2D eigenvalue weighted by Gasteiger charge is -2.19. The number of carboxylic acids is 1. The Bertz CT molecular complexity index is 825. The summed E-state index contributed by atoms with van der Waals surface area (Å²) in [6.07, 6.45) is 1.82. The van der Waals surface area contributed by atoms with Gasteiger partial charge in [-0.3, -0.25) is 4.40 Å². The first-order valence-corrected chi connectivity index (χ1v) is 7.03. The molecule has 2 aromatic heterocycles. The van der Waals surface area contributed by atoms with E-state index in [9.17, 15) is 9.90 Å². The minimum atomic E-state index is -0.965. The number of aromatic nitrogens is 2. The third-order valence-electron chi connectivity index (χ3n) is 3.68. The van der Waals surface area contributed by atoms with Gasteiger partial charge in [-0.15, -0.1) is 0 Å². The summed E-state index contributed by atoms with van der Waals surface area (Å²) in [4.78, 5) is 17.8. The smallest absolute Gasteiger partial charge is 0.354 e. The summed E-state index contributed by atoms with van der Waals surface area (Å²) in [6, 6.07) is 13.9. The molecule has 0 unspecified atom stereocenters. The van der Waals surface area contributed by atoms with Crippen LogP contribution in [0.2, 0.25) is 0 Å². The molecule has 0 radical (unpaired) electrons. The molecule has 22 heavy (non-hydrogen) atoms. The summed E-state index contributed by atoms with van der Waals surface area (Å²) in [5, 5.41) is 9.34. The Morgan fingerprint density at radius 3 is 2.64 bits per heavy atom. The zero-order chi connectivity index (χ0) is 15.7. The number of fused-ring (bicyclic) bond motifs is 1. The summed E-state index contributed by atoms with van der Waals surface area (Å²) >= 11 is 0. The van der Waals surface area contributed by atoms with Crippen molar-refractivity contribution in [3.05, 3.63) is 65.6 Å². The van der Waals surface area contributed by atoms with Gasteiger partial charge in [-0.1, -0.05) is 30.3 Å². The van der Waals surface area contributed by atoms with Gasteiger partial charge in [0.2, 0.25) is 0 Å². The van der Waals surface area contributed by atoms with Crippen molar-refractivity contribution in [2.45, 2.75) is 13.5 Å². The lowest BCUT2D eigenvalue weighted by molar-refractivity contribution is 0.0688. The van der Waals surface area contributed by atoms with Crippen LogP contribution in [-0.2, 0) is 6.54 Å². The van der Waals surface area contributed by atoms with Crippen molar-refractivity contribution >= 4 is 17.3 Å². The van der Waals surface area contributed by atoms with Crippen molar-refractivity contribution in [3.63, 3.8) is 0 Å². The number of hydrogen-bond donors (Lipinski definition) is 1. The molecular formula is C17H17N3O2. The number of carbonyl (C=O) groups is 1. The number of rotatable bonds is 4. The van der Waals surface area contributed by atoms with E-state index >= 15 is 0 Å². The van der Waals surface area contributed by atoms with Crippen LogP contribution in [0.1, 0.15) is 21.7 Å². The predicted molar refractivity (Wildman–Crippen MR) is 85.4 cm³/mol. The molecule has 1 aromatic carbocycles. The van der Waals surface area contributed by atoms with Gasteiger partial charge in [-0.2, -0.15) is 0 Å². The van der Waals surface area contributed by atoms with Crippen molar-refractivity contribution in [1.29, 1.82) is 0 Å². The van der Waals surface area contributed by atoms with Crippen molar-refractivity contribution in [2.75, 3.05) is 11.9 Å². The van der Waals surface area contributed by atoms with E-state index < -0.39 is 5.97 Å². The zero-order valence-electron chi connectivity index (χ0n) is 12.5. The first-order valence-electron chi connectivity index (χ1n) is 7.03. The van der Waals surface area contributed by atoms with E-state index in [0.29, 0.717) is 11.3 Å².